The second-order valence-electron chi connectivity index (χ2n) is 5.58. The van der Waals surface area contributed by atoms with Gasteiger partial charge in [-0.25, -0.2) is 9.69 Å². The minimum atomic E-state index is -0.542. The molecule has 3 rings (SSSR count). The number of carbonyl (C=O) groups excluding carboxylic acids is 2. The quantitative estimate of drug-likeness (QED) is 0.779. The Hall–Kier alpha value is -2.82. The number of hydrogen-bond donors (Lipinski definition) is 0. The lowest BCUT2D eigenvalue weighted by Gasteiger charge is -2.11. The Kier molecular flexibility index (Phi) is 7.68. The highest BCUT2D eigenvalue weighted by Crippen LogP contribution is 2.17. The minimum Gasteiger partial charge on any atom is -0.489 e. The predicted octanol–water partition coefficient (Wildman–Crippen LogP) is 4.20. The van der Waals surface area contributed by atoms with Gasteiger partial charge in [-0.3, -0.25) is 4.79 Å². The van der Waals surface area contributed by atoms with Gasteiger partial charge in [-0.2, -0.15) is 0 Å². The number of aryl methyl sites for hydroxylation is 1. The van der Waals surface area contributed by atoms with Gasteiger partial charge in [0.25, 0.3) is 0 Å². The first-order valence-electron chi connectivity index (χ1n) is 8.95. The molecule has 1 fully saturated rings. The smallest absolute Gasteiger partial charge is 0.416 e. The van der Waals surface area contributed by atoms with Crippen LogP contribution in [0.2, 0.25) is 0 Å². The summed E-state index contributed by atoms with van der Waals surface area (Å²) in [6.07, 6.45) is 0.294. The summed E-state index contributed by atoms with van der Waals surface area (Å²) in [7, 11) is 0. The first-order valence-corrected chi connectivity index (χ1v) is 8.95. The van der Waals surface area contributed by atoms with E-state index in [9.17, 15) is 9.59 Å². The third kappa shape index (κ3) is 5.62. The van der Waals surface area contributed by atoms with Gasteiger partial charge in [-0.05, 0) is 29.7 Å². The number of nitrogens with zero attached hydrogens (tertiary/aromatic N) is 1. The number of carbonyl (C=O) groups is 2. The van der Waals surface area contributed by atoms with Crippen LogP contribution in [0.25, 0.3) is 0 Å². The Bertz CT molecular complexity index is 715. The molecule has 1 aliphatic rings. The summed E-state index contributed by atoms with van der Waals surface area (Å²) >= 11 is 0. The zero-order chi connectivity index (χ0) is 18.8. The van der Waals surface area contributed by atoms with Crippen LogP contribution < -0.4 is 4.74 Å². The van der Waals surface area contributed by atoms with Crippen LogP contribution in [0, 0.1) is 0 Å². The molecule has 0 spiro atoms. The molecule has 0 radical (unpaired) electrons. The van der Waals surface area contributed by atoms with Crippen molar-refractivity contribution in [2.24, 2.45) is 0 Å². The number of ether oxygens (including phenoxy) is 2. The van der Waals surface area contributed by atoms with Gasteiger partial charge >= 0.3 is 6.09 Å². The normalized spacial score (nSPS) is 12.8. The summed E-state index contributed by atoms with van der Waals surface area (Å²) in [5, 5.41) is 0. The van der Waals surface area contributed by atoms with E-state index in [2.05, 4.69) is 0 Å². The van der Waals surface area contributed by atoms with E-state index < -0.39 is 6.09 Å². The SMILES string of the molecule is CC.O=C(CCc1cccc(OCc2ccccc2)c1)N1CCOC1=O. The molecule has 26 heavy (non-hydrogen) atoms. The van der Waals surface area contributed by atoms with E-state index in [-0.39, 0.29) is 18.9 Å². The van der Waals surface area contributed by atoms with Crippen molar-refractivity contribution >= 4 is 12.0 Å². The van der Waals surface area contributed by atoms with Crippen molar-refractivity contribution in [3.8, 4) is 5.75 Å². The highest BCUT2D eigenvalue weighted by molar-refractivity contribution is 5.93. The predicted molar refractivity (Wildman–Crippen MR) is 99.9 cm³/mol. The molecule has 1 aliphatic heterocycles. The van der Waals surface area contributed by atoms with Crippen LogP contribution in [0.3, 0.4) is 0 Å². The molecule has 0 bridgehead atoms. The van der Waals surface area contributed by atoms with Crippen LogP contribution in [0.1, 0.15) is 31.4 Å². The minimum absolute atomic E-state index is 0.201. The van der Waals surface area contributed by atoms with Crippen molar-refractivity contribution in [1.29, 1.82) is 0 Å². The average molecular weight is 355 g/mol. The summed E-state index contributed by atoms with van der Waals surface area (Å²) in [5.41, 5.74) is 2.10. The molecule has 0 atom stereocenters. The Balaban J connectivity index is 0.00000117. The Morgan fingerprint density at radius 2 is 1.81 bits per heavy atom. The summed E-state index contributed by atoms with van der Waals surface area (Å²) in [6, 6.07) is 17.6. The van der Waals surface area contributed by atoms with Gasteiger partial charge in [0.1, 0.15) is 19.0 Å². The molecule has 1 heterocycles. The maximum atomic E-state index is 12.0. The van der Waals surface area contributed by atoms with Gasteiger partial charge in [0.15, 0.2) is 0 Å². The van der Waals surface area contributed by atoms with Crippen LogP contribution in [0.5, 0.6) is 5.75 Å². The molecule has 0 aromatic heterocycles. The van der Waals surface area contributed by atoms with E-state index >= 15 is 0 Å². The standard InChI is InChI=1S/C19H19NO4.C2H6/c21-18(20-11-12-23-19(20)22)10-9-15-7-4-8-17(13-15)24-14-16-5-2-1-3-6-16;1-2/h1-8,13H,9-12,14H2;1-2H3. The Labute approximate surface area is 154 Å². The molecule has 0 unspecified atom stereocenters. The van der Waals surface area contributed by atoms with Crippen LogP contribution in [0.15, 0.2) is 54.6 Å². The monoisotopic (exact) mass is 355 g/mol. The van der Waals surface area contributed by atoms with E-state index in [0.717, 1.165) is 21.8 Å². The average Bonchev–Trinajstić information content (AvgIpc) is 3.13. The fourth-order valence-corrected chi connectivity index (χ4v) is 2.54. The van der Waals surface area contributed by atoms with E-state index in [4.69, 9.17) is 9.47 Å². The van der Waals surface area contributed by atoms with Gasteiger partial charge in [-0.15, -0.1) is 0 Å². The lowest BCUT2D eigenvalue weighted by Crippen LogP contribution is -2.31. The molecule has 1 saturated heterocycles. The van der Waals surface area contributed by atoms with E-state index in [0.29, 0.717) is 19.6 Å². The lowest BCUT2D eigenvalue weighted by molar-refractivity contribution is -0.127. The van der Waals surface area contributed by atoms with Crippen molar-refractivity contribution in [2.75, 3.05) is 13.2 Å². The molecule has 5 heteroatoms. The van der Waals surface area contributed by atoms with Gasteiger partial charge in [0.05, 0.1) is 6.54 Å². The maximum Gasteiger partial charge on any atom is 0.416 e. The summed E-state index contributed by atoms with van der Waals surface area (Å²) in [4.78, 5) is 24.5. The maximum absolute atomic E-state index is 12.0. The molecular weight excluding hydrogens is 330 g/mol. The van der Waals surface area contributed by atoms with Gasteiger partial charge in [0.2, 0.25) is 5.91 Å². The van der Waals surface area contributed by atoms with Gasteiger partial charge in [0, 0.05) is 6.42 Å². The van der Waals surface area contributed by atoms with E-state index in [1.807, 2.05) is 68.4 Å². The van der Waals surface area contributed by atoms with Crippen LogP contribution >= 0.6 is 0 Å². The molecule has 0 aliphatic carbocycles. The van der Waals surface area contributed by atoms with E-state index in [1.165, 1.54) is 0 Å². The molecule has 138 valence electrons. The number of amides is 2. The van der Waals surface area contributed by atoms with Gasteiger partial charge in [-0.1, -0.05) is 56.3 Å². The van der Waals surface area contributed by atoms with Crippen molar-refractivity contribution in [3.63, 3.8) is 0 Å². The van der Waals surface area contributed by atoms with Crippen molar-refractivity contribution < 1.29 is 19.1 Å². The number of cyclic esters (lactones) is 1. The third-order valence-electron chi connectivity index (χ3n) is 3.84. The molecular formula is C21H25NO4. The van der Waals surface area contributed by atoms with Crippen molar-refractivity contribution in [2.45, 2.75) is 33.3 Å². The van der Waals surface area contributed by atoms with E-state index in [1.54, 1.807) is 0 Å². The fraction of sp³-hybridized carbons (Fsp3) is 0.333. The zero-order valence-corrected chi connectivity index (χ0v) is 15.3. The number of benzene rings is 2. The first-order chi connectivity index (χ1) is 12.7. The number of rotatable bonds is 6. The molecule has 2 amide bonds. The van der Waals surface area contributed by atoms with Crippen molar-refractivity contribution in [1.82, 2.24) is 4.90 Å². The lowest BCUT2D eigenvalue weighted by atomic mass is 10.1. The highest BCUT2D eigenvalue weighted by Gasteiger charge is 2.27. The Morgan fingerprint density at radius 3 is 2.50 bits per heavy atom. The second-order valence-corrected chi connectivity index (χ2v) is 5.58. The fourth-order valence-electron chi connectivity index (χ4n) is 2.54. The Morgan fingerprint density at radius 1 is 1.08 bits per heavy atom. The third-order valence-corrected chi connectivity index (χ3v) is 3.84. The number of imide groups is 1. The van der Waals surface area contributed by atoms with Crippen LogP contribution in [0.4, 0.5) is 4.79 Å². The summed E-state index contributed by atoms with van der Waals surface area (Å²) in [5.74, 6) is 0.567. The molecule has 5 nitrogen and oxygen atoms in total. The summed E-state index contributed by atoms with van der Waals surface area (Å²) in [6.45, 7) is 5.13. The van der Waals surface area contributed by atoms with Gasteiger partial charge < -0.3 is 9.47 Å². The topological polar surface area (TPSA) is 55.8 Å². The molecule has 0 saturated carbocycles. The summed E-state index contributed by atoms with van der Waals surface area (Å²) < 4.78 is 10.6. The number of hydrogen-bond acceptors (Lipinski definition) is 4. The molecule has 0 N–H and O–H groups in total. The first kappa shape index (κ1) is 19.5. The van der Waals surface area contributed by atoms with Crippen LogP contribution in [-0.4, -0.2) is 30.1 Å². The highest BCUT2D eigenvalue weighted by atomic mass is 16.6. The van der Waals surface area contributed by atoms with Crippen molar-refractivity contribution in [3.05, 3.63) is 65.7 Å². The molecule has 2 aromatic carbocycles. The largest absolute Gasteiger partial charge is 0.489 e. The molecule has 2 aromatic rings. The second kappa shape index (κ2) is 10.2. The zero-order valence-electron chi connectivity index (χ0n) is 15.3. The van der Waals surface area contributed by atoms with Crippen LogP contribution in [-0.2, 0) is 22.6 Å².